The summed E-state index contributed by atoms with van der Waals surface area (Å²) < 4.78 is 51.7. The predicted octanol–water partition coefficient (Wildman–Crippen LogP) is -1.30. The Bertz CT molecular complexity index is 430. The van der Waals surface area contributed by atoms with Crippen molar-refractivity contribution in [1.29, 1.82) is 0 Å². The number of rotatable bonds is 9. The molecular weight excluding hydrogens is 317 g/mol. The van der Waals surface area contributed by atoms with E-state index in [-0.39, 0.29) is 63.7 Å². The maximum Gasteiger partial charge on any atom is 1.00 e. The zero-order chi connectivity index (χ0) is 15.0. The minimum atomic E-state index is -5.56. The van der Waals surface area contributed by atoms with Crippen molar-refractivity contribution in [3.05, 3.63) is 24.0 Å². The van der Waals surface area contributed by atoms with Gasteiger partial charge in [0.1, 0.15) is 18.0 Å². The van der Waals surface area contributed by atoms with E-state index in [4.69, 9.17) is 14.2 Å². The summed E-state index contributed by atoms with van der Waals surface area (Å²) in [4.78, 5) is 14.3. The van der Waals surface area contributed by atoms with Gasteiger partial charge in [0.15, 0.2) is 0 Å². The van der Waals surface area contributed by atoms with Crippen LogP contribution in [0.2, 0.25) is 0 Å². The van der Waals surface area contributed by atoms with Crippen LogP contribution in [0.3, 0.4) is 0 Å². The minimum Gasteiger partial charge on any atom is -0.490 e. The Kier molecular flexibility index (Phi) is 10.7. The van der Waals surface area contributed by atoms with Crippen LogP contribution in [-0.2, 0) is 9.47 Å². The molecular formula is C11H14BF3KNO4. The van der Waals surface area contributed by atoms with Crippen LogP contribution < -0.4 is 56.1 Å². The summed E-state index contributed by atoms with van der Waals surface area (Å²) in [7, 11) is 1.55. The first kappa shape index (κ1) is 21.0. The maximum absolute atomic E-state index is 12.2. The third-order valence-electron chi connectivity index (χ3n) is 2.21. The first-order chi connectivity index (χ1) is 9.45. The molecule has 5 nitrogen and oxygen atoms in total. The number of carbonyl (C=O) groups excluding carboxylic acids is 1. The van der Waals surface area contributed by atoms with Crippen molar-refractivity contribution in [3.8, 4) is 5.75 Å². The molecule has 0 unspecified atom stereocenters. The van der Waals surface area contributed by atoms with E-state index in [0.717, 1.165) is 12.3 Å². The van der Waals surface area contributed by atoms with Crippen molar-refractivity contribution in [1.82, 2.24) is 4.98 Å². The van der Waals surface area contributed by atoms with Crippen LogP contribution in [0.5, 0.6) is 5.75 Å². The fourth-order valence-electron chi connectivity index (χ4n) is 1.24. The average Bonchev–Trinajstić information content (AvgIpc) is 2.41. The number of hydrogen-bond acceptors (Lipinski definition) is 5. The van der Waals surface area contributed by atoms with Gasteiger partial charge in [-0.15, -0.1) is 0 Å². The topological polar surface area (TPSA) is 57.7 Å². The summed E-state index contributed by atoms with van der Waals surface area (Å²) in [6, 6.07) is 2.25. The summed E-state index contributed by atoms with van der Waals surface area (Å²) >= 11 is 0. The number of carbonyl (C=O) groups is 1. The van der Waals surface area contributed by atoms with Crippen molar-refractivity contribution in [3.63, 3.8) is 0 Å². The molecule has 0 aliphatic heterocycles. The van der Waals surface area contributed by atoms with E-state index in [1.165, 1.54) is 6.07 Å². The van der Waals surface area contributed by atoms with Gasteiger partial charge in [0.2, 0.25) is 0 Å². The Morgan fingerprint density at radius 2 is 1.86 bits per heavy atom. The van der Waals surface area contributed by atoms with E-state index in [2.05, 4.69) is 4.98 Å². The van der Waals surface area contributed by atoms with E-state index in [0.29, 0.717) is 19.8 Å². The zero-order valence-electron chi connectivity index (χ0n) is 11.9. The van der Waals surface area contributed by atoms with Crippen LogP contribution in [0.25, 0.3) is 0 Å². The molecule has 0 spiro atoms. The molecule has 0 radical (unpaired) electrons. The van der Waals surface area contributed by atoms with E-state index in [9.17, 15) is 17.7 Å². The largest absolute Gasteiger partial charge is 1.00 e. The van der Waals surface area contributed by atoms with Gasteiger partial charge in [0.05, 0.1) is 31.7 Å². The average molecular weight is 331 g/mol. The second kappa shape index (κ2) is 10.7. The maximum atomic E-state index is 12.2. The molecule has 1 heterocycles. The number of halogens is 3. The summed E-state index contributed by atoms with van der Waals surface area (Å²) in [5.41, 5.74) is -2.55. The van der Waals surface area contributed by atoms with Gasteiger partial charge in [-0.25, -0.2) is 0 Å². The molecule has 0 fully saturated rings. The SMILES string of the molecule is COCCOCCOc1ccc(C(=O)[B-](F)(F)F)nc1.[K+]. The zero-order valence-corrected chi connectivity index (χ0v) is 15.0. The van der Waals surface area contributed by atoms with Gasteiger partial charge < -0.3 is 32.0 Å². The molecule has 0 saturated carbocycles. The molecule has 112 valence electrons. The van der Waals surface area contributed by atoms with Crippen LogP contribution in [-0.4, -0.2) is 51.2 Å². The minimum absolute atomic E-state index is 0. The van der Waals surface area contributed by atoms with Crippen molar-refractivity contribution in [2.24, 2.45) is 0 Å². The van der Waals surface area contributed by atoms with Crippen LogP contribution >= 0.6 is 0 Å². The Morgan fingerprint density at radius 1 is 1.19 bits per heavy atom. The molecule has 0 bridgehead atoms. The van der Waals surface area contributed by atoms with Gasteiger partial charge >= 0.3 is 58.4 Å². The molecule has 1 rings (SSSR count). The molecule has 21 heavy (non-hydrogen) atoms. The quantitative estimate of drug-likeness (QED) is 0.416. The normalized spacial score (nSPS) is 10.9. The number of methoxy groups -OCH3 is 1. The molecule has 0 saturated heterocycles. The summed E-state index contributed by atoms with van der Waals surface area (Å²) in [5, 5.41) is 0. The van der Waals surface area contributed by atoms with Gasteiger partial charge in [0.25, 0.3) is 0 Å². The van der Waals surface area contributed by atoms with Gasteiger partial charge in [-0.3, -0.25) is 4.98 Å². The van der Waals surface area contributed by atoms with Crippen LogP contribution in [0.1, 0.15) is 10.5 Å². The standard InChI is InChI=1S/C11H14BF3NO4.K/c1-18-4-5-19-6-7-20-9-2-3-10(16-8-9)11(17)12(13,14)15;/h2-3,8H,4-7H2,1H3;/q-1;+1. The Hall–Kier alpha value is 0.0313. The van der Waals surface area contributed by atoms with Crippen molar-refractivity contribution in [2.75, 3.05) is 33.5 Å². The van der Waals surface area contributed by atoms with Crippen LogP contribution in [0.4, 0.5) is 12.9 Å². The molecule has 0 atom stereocenters. The Labute approximate surface area is 163 Å². The predicted molar refractivity (Wildman–Crippen MR) is 65.8 cm³/mol. The van der Waals surface area contributed by atoms with Gasteiger partial charge in [-0.05, 0) is 12.1 Å². The smallest absolute Gasteiger partial charge is 0.490 e. The summed E-state index contributed by atoms with van der Waals surface area (Å²) in [5.74, 6) is 0.270. The molecule has 1 aromatic rings. The molecule has 0 aliphatic carbocycles. The number of hydrogen-bond donors (Lipinski definition) is 0. The molecule has 0 aromatic carbocycles. The number of ether oxygens (including phenoxy) is 3. The Balaban J connectivity index is 0.00000400. The number of pyridine rings is 1. The van der Waals surface area contributed by atoms with Gasteiger partial charge in [-0.1, -0.05) is 0 Å². The van der Waals surface area contributed by atoms with Crippen LogP contribution in [0.15, 0.2) is 18.3 Å². The number of aromatic nitrogens is 1. The Morgan fingerprint density at radius 3 is 2.38 bits per heavy atom. The fourth-order valence-corrected chi connectivity index (χ4v) is 1.24. The molecule has 10 heteroatoms. The van der Waals surface area contributed by atoms with Crippen LogP contribution in [0, 0.1) is 0 Å². The van der Waals surface area contributed by atoms with Crippen molar-refractivity contribution < 1.29 is 83.3 Å². The van der Waals surface area contributed by atoms with E-state index in [1.807, 2.05) is 0 Å². The third-order valence-corrected chi connectivity index (χ3v) is 2.21. The van der Waals surface area contributed by atoms with E-state index < -0.39 is 18.4 Å². The summed E-state index contributed by atoms with van der Waals surface area (Å²) in [6.45, 7) is -4.12. The molecule has 0 amide bonds. The second-order valence-electron chi connectivity index (χ2n) is 3.77. The second-order valence-corrected chi connectivity index (χ2v) is 3.77. The summed E-state index contributed by atoms with van der Waals surface area (Å²) in [6.07, 6.45) is 1.07. The molecule has 1 aromatic heterocycles. The third kappa shape index (κ3) is 8.29. The van der Waals surface area contributed by atoms with E-state index in [1.54, 1.807) is 7.11 Å². The first-order valence-corrected chi connectivity index (χ1v) is 5.85. The molecule has 0 N–H and O–H groups in total. The van der Waals surface area contributed by atoms with Crippen molar-refractivity contribution >= 4 is 12.7 Å². The van der Waals surface area contributed by atoms with E-state index >= 15 is 0 Å². The monoisotopic (exact) mass is 331 g/mol. The van der Waals surface area contributed by atoms with Crippen molar-refractivity contribution in [2.45, 2.75) is 0 Å². The van der Waals surface area contributed by atoms with Gasteiger partial charge in [0, 0.05) is 7.11 Å². The van der Waals surface area contributed by atoms with Gasteiger partial charge in [-0.2, -0.15) is 0 Å². The first-order valence-electron chi connectivity index (χ1n) is 5.85. The molecule has 0 aliphatic rings. The fraction of sp³-hybridized carbons (Fsp3) is 0.455. The number of nitrogens with zero attached hydrogens (tertiary/aromatic N) is 1.